The molecule has 0 aliphatic heterocycles. The Morgan fingerprint density at radius 2 is 1.86 bits per heavy atom. The summed E-state index contributed by atoms with van der Waals surface area (Å²) in [5.41, 5.74) is 2.12. The van der Waals surface area contributed by atoms with Crippen molar-refractivity contribution in [1.29, 1.82) is 0 Å². The Kier molecular flexibility index (Phi) is 8.40. The molecule has 6 nitrogen and oxygen atoms in total. The summed E-state index contributed by atoms with van der Waals surface area (Å²) in [7, 11) is -4.28. The number of hydrogen-bond donors (Lipinski definition) is 3. The lowest BCUT2D eigenvalue weighted by molar-refractivity contribution is -0.0581. The molecule has 3 saturated carbocycles. The first kappa shape index (κ1) is 28.2. The van der Waals surface area contributed by atoms with Crippen LogP contribution in [-0.4, -0.2) is 28.3 Å². The van der Waals surface area contributed by atoms with E-state index in [0.29, 0.717) is 5.41 Å². The van der Waals surface area contributed by atoms with Gasteiger partial charge in [0, 0.05) is 6.42 Å². The predicted octanol–water partition coefficient (Wildman–Crippen LogP) is 7.26. The molecule has 3 fully saturated rings. The van der Waals surface area contributed by atoms with Gasteiger partial charge in [0.2, 0.25) is 0 Å². The monoisotopic (exact) mass is 523 g/mol. The Morgan fingerprint density at radius 1 is 1.11 bits per heavy atom. The van der Waals surface area contributed by atoms with Crippen molar-refractivity contribution in [2.45, 2.75) is 111 Å². The number of carbonyl (C=O) groups is 1. The molecule has 206 valence electrons. The smallest absolute Gasteiger partial charge is 0.407 e. The fourth-order valence-electron chi connectivity index (χ4n) is 9.11. The number of fused-ring (bicyclic) bond motifs is 5. The first-order valence-corrected chi connectivity index (χ1v) is 16.3. The lowest BCUT2D eigenvalue weighted by Gasteiger charge is -2.58. The van der Waals surface area contributed by atoms with Gasteiger partial charge in [-0.3, -0.25) is 4.57 Å². The molecule has 0 unspecified atom stereocenters. The highest BCUT2D eigenvalue weighted by Crippen LogP contribution is 2.67. The summed E-state index contributed by atoms with van der Waals surface area (Å²) in [6.07, 6.45) is 14.2. The normalized spacial score (nSPS) is 39.0. The van der Waals surface area contributed by atoms with Gasteiger partial charge in [0.25, 0.3) is 0 Å². The Balaban J connectivity index is 1.39. The van der Waals surface area contributed by atoms with E-state index in [9.17, 15) is 9.36 Å². The van der Waals surface area contributed by atoms with Crippen molar-refractivity contribution >= 4 is 13.7 Å². The van der Waals surface area contributed by atoms with Gasteiger partial charge in [0.05, 0.1) is 0 Å². The van der Waals surface area contributed by atoms with E-state index in [1.165, 1.54) is 50.5 Å². The standard InChI is InChI=1S/C29H50NO5P/c1-19(2)7-6-8-20(3)24-11-12-25-23-10-9-21-17-22(35-27(31)30-18-36(32,33)34)13-15-28(21,4)26(23)14-16-29(24,25)5/h9,19-20,22-26H,6-8,10-18H2,1-5H3,(H,30,31)(H2,32,33,34)/t20-,22+,23+,24-,25+,26+,28+,29-/m1/s1. The maximum Gasteiger partial charge on any atom is 0.407 e. The number of hydrogen-bond acceptors (Lipinski definition) is 3. The zero-order chi connectivity index (χ0) is 26.3. The number of ether oxygens (including phenoxy) is 1. The third-order valence-electron chi connectivity index (χ3n) is 11.0. The Labute approximate surface area is 218 Å². The van der Waals surface area contributed by atoms with Crippen LogP contribution in [0.15, 0.2) is 11.6 Å². The molecule has 0 aromatic heterocycles. The maximum absolute atomic E-state index is 12.1. The lowest BCUT2D eigenvalue weighted by atomic mass is 9.47. The summed E-state index contributed by atoms with van der Waals surface area (Å²) >= 11 is 0. The lowest BCUT2D eigenvalue weighted by Crippen LogP contribution is -2.51. The van der Waals surface area contributed by atoms with E-state index in [2.05, 4.69) is 46.0 Å². The SMILES string of the molecule is CC(C)CCC[C@@H](C)[C@H]1CC[C@H]2[C@@H]3CC=C4C[C@@H](OC(=O)NCP(=O)(O)O)CC[C@]4(C)[C@H]3CC[C@]12C. The first-order chi connectivity index (χ1) is 16.8. The first-order valence-electron chi connectivity index (χ1n) is 14.5. The highest BCUT2D eigenvalue weighted by Gasteiger charge is 2.59. The van der Waals surface area contributed by atoms with E-state index in [1.54, 1.807) is 0 Å². The maximum atomic E-state index is 12.1. The second kappa shape index (κ2) is 10.7. The molecule has 3 N–H and O–H groups in total. The van der Waals surface area contributed by atoms with Crippen molar-refractivity contribution in [2.24, 2.45) is 46.3 Å². The Bertz CT molecular complexity index is 883. The number of amides is 1. The van der Waals surface area contributed by atoms with Crippen molar-refractivity contribution < 1.29 is 23.9 Å². The molecular formula is C29H50NO5P. The molecule has 4 rings (SSSR count). The van der Waals surface area contributed by atoms with E-state index in [4.69, 9.17) is 14.5 Å². The van der Waals surface area contributed by atoms with Gasteiger partial charge in [0.15, 0.2) is 0 Å². The zero-order valence-electron chi connectivity index (χ0n) is 23.2. The molecule has 4 aliphatic carbocycles. The third kappa shape index (κ3) is 5.76. The summed E-state index contributed by atoms with van der Waals surface area (Å²) < 4.78 is 16.6. The quantitative estimate of drug-likeness (QED) is 0.230. The molecule has 0 bridgehead atoms. The zero-order valence-corrected chi connectivity index (χ0v) is 24.1. The summed E-state index contributed by atoms with van der Waals surface area (Å²) in [6.45, 7) is 12.3. The highest BCUT2D eigenvalue weighted by molar-refractivity contribution is 7.51. The number of alkyl carbamates (subject to hydrolysis) is 1. The molecule has 0 radical (unpaired) electrons. The molecule has 7 heteroatoms. The summed E-state index contributed by atoms with van der Waals surface area (Å²) in [5, 5.41) is 2.21. The van der Waals surface area contributed by atoms with Crippen LogP contribution in [0.1, 0.15) is 105 Å². The van der Waals surface area contributed by atoms with E-state index in [1.807, 2.05) is 0 Å². The minimum absolute atomic E-state index is 0.188. The molecular weight excluding hydrogens is 473 g/mol. The molecule has 36 heavy (non-hydrogen) atoms. The fourth-order valence-corrected chi connectivity index (χ4v) is 9.45. The number of carbonyl (C=O) groups excluding carboxylic acids is 1. The molecule has 8 atom stereocenters. The van der Waals surface area contributed by atoms with Crippen LogP contribution in [0.2, 0.25) is 0 Å². The van der Waals surface area contributed by atoms with Gasteiger partial charge in [-0.25, -0.2) is 4.79 Å². The van der Waals surface area contributed by atoms with Crippen LogP contribution < -0.4 is 5.32 Å². The fraction of sp³-hybridized carbons (Fsp3) is 0.897. The Morgan fingerprint density at radius 3 is 2.56 bits per heavy atom. The van der Waals surface area contributed by atoms with Gasteiger partial charge in [0.1, 0.15) is 12.4 Å². The number of nitrogens with one attached hydrogen (secondary N) is 1. The molecule has 0 aromatic carbocycles. The molecule has 0 spiro atoms. The molecule has 0 aromatic rings. The Hall–Kier alpha value is -0.840. The summed E-state index contributed by atoms with van der Waals surface area (Å²) in [6, 6.07) is 0. The van der Waals surface area contributed by atoms with Gasteiger partial charge >= 0.3 is 13.7 Å². The second-order valence-corrected chi connectivity index (χ2v) is 15.2. The van der Waals surface area contributed by atoms with Crippen LogP contribution in [0.4, 0.5) is 4.79 Å². The predicted molar refractivity (Wildman–Crippen MR) is 143 cm³/mol. The molecule has 0 saturated heterocycles. The van der Waals surface area contributed by atoms with Crippen molar-refractivity contribution in [3.8, 4) is 0 Å². The van der Waals surface area contributed by atoms with Gasteiger partial charge in [-0.1, -0.05) is 65.5 Å². The van der Waals surface area contributed by atoms with E-state index in [0.717, 1.165) is 61.2 Å². The van der Waals surface area contributed by atoms with Crippen molar-refractivity contribution in [3.63, 3.8) is 0 Å². The molecule has 4 aliphatic rings. The van der Waals surface area contributed by atoms with Crippen molar-refractivity contribution in [3.05, 3.63) is 11.6 Å². The largest absolute Gasteiger partial charge is 0.446 e. The van der Waals surface area contributed by atoms with Gasteiger partial charge < -0.3 is 19.8 Å². The number of rotatable bonds is 8. The average molecular weight is 524 g/mol. The minimum atomic E-state index is -4.28. The highest BCUT2D eigenvalue weighted by atomic mass is 31.2. The van der Waals surface area contributed by atoms with Gasteiger partial charge in [-0.15, -0.1) is 0 Å². The van der Waals surface area contributed by atoms with E-state index < -0.39 is 20.0 Å². The summed E-state index contributed by atoms with van der Waals surface area (Å²) in [5.74, 6) is 4.81. The van der Waals surface area contributed by atoms with Crippen LogP contribution >= 0.6 is 7.60 Å². The van der Waals surface area contributed by atoms with Crippen LogP contribution in [0, 0.1) is 46.3 Å². The topological polar surface area (TPSA) is 95.9 Å². The van der Waals surface area contributed by atoms with Gasteiger partial charge in [-0.05, 0) is 91.3 Å². The van der Waals surface area contributed by atoms with E-state index in [-0.39, 0.29) is 11.5 Å². The molecule has 1 amide bonds. The minimum Gasteiger partial charge on any atom is -0.446 e. The third-order valence-corrected chi connectivity index (χ3v) is 11.5. The van der Waals surface area contributed by atoms with Crippen molar-refractivity contribution in [1.82, 2.24) is 5.32 Å². The summed E-state index contributed by atoms with van der Waals surface area (Å²) in [4.78, 5) is 30.1. The number of allylic oxidation sites excluding steroid dienone is 1. The molecule has 0 heterocycles. The van der Waals surface area contributed by atoms with Crippen LogP contribution in [0.5, 0.6) is 0 Å². The van der Waals surface area contributed by atoms with Gasteiger partial charge in [-0.2, -0.15) is 0 Å². The van der Waals surface area contributed by atoms with Crippen LogP contribution in [0.25, 0.3) is 0 Å². The van der Waals surface area contributed by atoms with Crippen LogP contribution in [-0.2, 0) is 9.30 Å². The van der Waals surface area contributed by atoms with E-state index >= 15 is 0 Å². The van der Waals surface area contributed by atoms with Crippen molar-refractivity contribution in [2.75, 3.05) is 6.29 Å². The van der Waals surface area contributed by atoms with Crippen LogP contribution in [0.3, 0.4) is 0 Å². The average Bonchev–Trinajstić information content (AvgIpc) is 3.14. The second-order valence-electron chi connectivity index (χ2n) is 13.6.